The summed E-state index contributed by atoms with van der Waals surface area (Å²) in [7, 11) is 0. The Kier molecular flexibility index (Phi) is 4.37. The van der Waals surface area contributed by atoms with E-state index in [1.807, 2.05) is 12.1 Å². The van der Waals surface area contributed by atoms with E-state index < -0.39 is 0 Å². The first-order valence-electron chi connectivity index (χ1n) is 5.35. The maximum atomic E-state index is 6.17. The number of ether oxygens (including phenoxy) is 1. The molecule has 0 amide bonds. The highest BCUT2D eigenvalue weighted by molar-refractivity contribution is 6.33. The summed E-state index contributed by atoms with van der Waals surface area (Å²) in [5.74, 6) is 0.916. The fourth-order valence-corrected chi connectivity index (χ4v) is 2.80. The molecule has 88 valence electrons. The molecule has 2 atom stereocenters. The van der Waals surface area contributed by atoms with Gasteiger partial charge in [0, 0.05) is 34.0 Å². The molecule has 4 heteroatoms. The molecule has 0 N–H and O–H groups in total. The van der Waals surface area contributed by atoms with Crippen molar-refractivity contribution < 1.29 is 4.74 Å². The monoisotopic (exact) mass is 278 g/mol. The maximum Gasteiger partial charge on any atom is 0.0879 e. The quantitative estimate of drug-likeness (QED) is 0.713. The lowest BCUT2D eigenvalue weighted by Crippen LogP contribution is -2.24. The van der Waals surface area contributed by atoms with E-state index in [1.54, 1.807) is 6.07 Å². The summed E-state index contributed by atoms with van der Waals surface area (Å²) < 4.78 is 5.78. The standard InChI is InChI=1S/C12H13Cl3O/c13-7-8-2-1-5-16-12(8)10-6-9(14)3-4-11(10)15/h3-4,6,8,12H,1-2,5,7H2. The first-order valence-corrected chi connectivity index (χ1v) is 6.64. The van der Waals surface area contributed by atoms with Crippen LogP contribution in [0.4, 0.5) is 0 Å². The van der Waals surface area contributed by atoms with Crippen LogP contribution in [0, 0.1) is 5.92 Å². The molecule has 1 nitrogen and oxygen atoms in total. The maximum absolute atomic E-state index is 6.17. The Morgan fingerprint density at radius 2 is 2.12 bits per heavy atom. The van der Waals surface area contributed by atoms with Crippen molar-refractivity contribution in [2.75, 3.05) is 12.5 Å². The second kappa shape index (κ2) is 5.59. The molecule has 2 unspecified atom stereocenters. The first-order chi connectivity index (χ1) is 7.72. The highest BCUT2D eigenvalue weighted by Crippen LogP contribution is 2.38. The van der Waals surface area contributed by atoms with Crippen LogP contribution >= 0.6 is 34.8 Å². The molecule has 0 aromatic heterocycles. The molecule has 1 aromatic rings. The molecule has 1 saturated heterocycles. The molecule has 0 aliphatic carbocycles. The number of benzene rings is 1. The third-order valence-corrected chi connectivity index (χ3v) is 3.88. The Morgan fingerprint density at radius 3 is 2.88 bits per heavy atom. The molecular formula is C12H13Cl3O. The normalized spacial score (nSPS) is 25.7. The number of hydrogen-bond donors (Lipinski definition) is 0. The molecule has 0 bridgehead atoms. The smallest absolute Gasteiger partial charge is 0.0879 e. The molecule has 0 radical (unpaired) electrons. The van der Waals surface area contributed by atoms with Crippen molar-refractivity contribution in [3.05, 3.63) is 33.8 Å². The molecular weight excluding hydrogens is 266 g/mol. The van der Waals surface area contributed by atoms with E-state index in [2.05, 4.69) is 0 Å². The lowest BCUT2D eigenvalue weighted by molar-refractivity contribution is -0.0207. The Labute approximate surface area is 111 Å². The molecule has 2 rings (SSSR count). The summed E-state index contributed by atoms with van der Waals surface area (Å²) in [5.41, 5.74) is 0.958. The fraction of sp³-hybridized carbons (Fsp3) is 0.500. The lowest BCUT2D eigenvalue weighted by atomic mass is 9.91. The van der Waals surface area contributed by atoms with Crippen molar-refractivity contribution in [2.45, 2.75) is 18.9 Å². The molecule has 1 aliphatic rings. The third-order valence-electron chi connectivity index (χ3n) is 2.91. The zero-order chi connectivity index (χ0) is 11.5. The van der Waals surface area contributed by atoms with Gasteiger partial charge in [0.1, 0.15) is 0 Å². The number of rotatable bonds is 2. The molecule has 16 heavy (non-hydrogen) atoms. The average Bonchev–Trinajstić information content (AvgIpc) is 2.32. The van der Waals surface area contributed by atoms with E-state index in [0.717, 1.165) is 25.0 Å². The summed E-state index contributed by atoms with van der Waals surface area (Å²) >= 11 is 18.1. The van der Waals surface area contributed by atoms with Gasteiger partial charge in [-0.3, -0.25) is 0 Å². The Hall–Kier alpha value is 0.0500. The van der Waals surface area contributed by atoms with E-state index in [-0.39, 0.29) is 6.10 Å². The highest BCUT2D eigenvalue weighted by atomic mass is 35.5. The zero-order valence-electron chi connectivity index (χ0n) is 8.76. The van der Waals surface area contributed by atoms with Gasteiger partial charge in [-0.1, -0.05) is 23.2 Å². The Balaban J connectivity index is 2.30. The van der Waals surface area contributed by atoms with Crippen molar-refractivity contribution in [2.24, 2.45) is 5.92 Å². The molecule has 1 heterocycles. The highest BCUT2D eigenvalue weighted by Gasteiger charge is 2.28. The zero-order valence-corrected chi connectivity index (χ0v) is 11.0. The van der Waals surface area contributed by atoms with E-state index in [4.69, 9.17) is 39.5 Å². The predicted octanol–water partition coefficient (Wildman–Crippen LogP) is 4.70. The number of halogens is 3. The second-order valence-corrected chi connectivity index (χ2v) is 5.17. The van der Waals surface area contributed by atoms with Crippen molar-refractivity contribution in [3.63, 3.8) is 0 Å². The van der Waals surface area contributed by atoms with E-state index >= 15 is 0 Å². The molecule has 1 fully saturated rings. The van der Waals surface area contributed by atoms with Gasteiger partial charge < -0.3 is 4.74 Å². The van der Waals surface area contributed by atoms with Crippen LogP contribution in [-0.4, -0.2) is 12.5 Å². The minimum atomic E-state index is -0.0163. The van der Waals surface area contributed by atoms with Crippen LogP contribution in [0.25, 0.3) is 0 Å². The first kappa shape index (κ1) is 12.5. The summed E-state index contributed by atoms with van der Waals surface area (Å²) in [6, 6.07) is 5.47. The van der Waals surface area contributed by atoms with Gasteiger partial charge in [-0.25, -0.2) is 0 Å². The van der Waals surface area contributed by atoms with Crippen LogP contribution in [0.5, 0.6) is 0 Å². The third kappa shape index (κ3) is 2.65. The number of alkyl halides is 1. The second-order valence-electron chi connectivity index (χ2n) is 4.01. The predicted molar refractivity (Wildman–Crippen MR) is 68.6 cm³/mol. The topological polar surface area (TPSA) is 9.23 Å². The van der Waals surface area contributed by atoms with Crippen LogP contribution < -0.4 is 0 Å². The Morgan fingerprint density at radius 1 is 1.31 bits per heavy atom. The van der Waals surface area contributed by atoms with Crippen LogP contribution in [0.3, 0.4) is 0 Å². The van der Waals surface area contributed by atoms with Gasteiger partial charge in [0.15, 0.2) is 0 Å². The summed E-state index contributed by atoms with van der Waals surface area (Å²) in [5, 5.41) is 1.38. The van der Waals surface area contributed by atoms with Gasteiger partial charge in [-0.2, -0.15) is 0 Å². The van der Waals surface area contributed by atoms with Crippen molar-refractivity contribution in [3.8, 4) is 0 Å². The molecule has 1 aliphatic heterocycles. The van der Waals surface area contributed by atoms with Crippen LogP contribution in [0.15, 0.2) is 18.2 Å². The fourth-order valence-electron chi connectivity index (χ4n) is 2.08. The summed E-state index contributed by atoms with van der Waals surface area (Å²) in [6.07, 6.45) is 2.13. The lowest BCUT2D eigenvalue weighted by Gasteiger charge is -2.31. The van der Waals surface area contributed by atoms with E-state index in [1.165, 1.54) is 0 Å². The molecule has 0 saturated carbocycles. The van der Waals surface area contributed by atoms with Crippen LogP contribution in [0.1, 0.15) is 24.5 Å². The van der Waals surface area contributed by atoms with Gasteiger partial charge in [0.25, 0.3) is 0 Å². The van der Waals surface area contributed by atoms with Crippen molar-refractivity contribution in [1.29, 1.82) is 0 Å². The van der Waals surface area contributed by atoms with Crippen molar-refractivity contribution >= 4 is 34.8 Å². The summed E-state index contributed by atoms with van der Waals surface area (Å²) in [6.45, 7) is 0.765. The molecule has 1 aromatic carbocycles. The number of hydrogen-bond acceptors (Lipinski definition) is 1. The van der Waals surface area contributed by atoms with Crippen molar-refractivity contribution in [1.82, 2.24) is 0 Å². The Bertz CT molecular complexity index is 367. The minimum Gasteiger partial charge on any atom is -0.373 e. The van der Waals surface area contributed by atoms with Gasteiger partial charge in [-0.05, 0) is 31.0 Å². The SMILES string of the molecule is ClCC1CCCOC1c1cc(Cl)ccc1Cl. The van der Waals surface area contributed by atoms with Gasteiger partial charge in [0.05, 0.1) is 6.10 Å². The van der Waals surface area contributed by atoms with Gasteiger partial charge in [0.2, 0.25) is 0 Å². The van der Waals surface area contributed by atoms with Crippen LogP contribution in [0.2, 0.25) is 10.0 Å². The van der Waals surface area contributed by atoms with E-state index in [0.29, 0.717) is 21.8 Å². The van der Waals surface area contributed by atoms with Crippen LogP contribution in [-0.2, 0) is 4.74 Å². The van der Waals surface area contributed by atoms with Gasteiger partial charge in [-0.15, -0.1) is 11.6 Å². The van der Waals surface area contributed by atoms with Gasteiger partial charge >= 0.3 is 0 Å². The largest absolute Gasteiger partial charge is 0.373 e. The average molecular weight is 280 g/mol. The van der Waals surface area contributed by atoms with E-state index in [9.17, 15) is 0 Å². The molecule has 0 spiro atoms. The summed E-state index contributed by atoms with van der Waals surface area (Å²) in [4.78, 5) is 0. The minimum absolute atomic E-state index is 0.0163.